The molecule has 0 saturated heterocycles. The Balaban J connectivity index is 0.00000256. The van der Waals surface area contributed by atoms with Crippen molar-refractivity contribution in [3.63, 3.8) is 0 Å². The van der Waals surface area contributed by atoms with Gasteiger partial charge in [0.1, 0.15) is 0 Å². The molecule has 0 atom stereocenters. The summed E-state index contributed by atoms with van der Waals surface area (Å²) in [7, 11) is 0. The van der Waals surface area contributed by atoms with Gasteiger partial charge in [-0.25, -0.2) is 0 Å². The summed E-state index contributed by atoms with van der Waals surface area (Å²) >= 11 is -0.102. The van der Waals surface area contributed by atoms with Gasteiger partial charge in [0.25, 0.3) is 0 Å². The van der Waals surface area contributed by atoms with E-state index in [-0.39, 0.29) is 37.3 Å². The number of benzene rings is 1. The van der Waals surface area contributed by atoms with Crippen molar-refractivity contribution < 1.29 is 0 Å². The Morgan fingerprint density at radius 1 is 0.882 bits per heavy atom. The minimum atomic E-state index is -0.102. The lowest BCUT2D eigenvalue weighted by Crippen LogP contribution is -2.24. The van der Waals surface area contributed by atoms with Crippen molar-refractivity contribution in [1.29, 1.82) is 0 Å². The highest BCUT2D eigenvalue weighted by molar-refractivity contribution is 8.93. The Morgan fingerprint density at radius 3 is 1.88 bits per heavy atom. The van der Waals surface area contributed by atoms with E-state index in [0.29, 0.717) is 11.8 Å². The summed E-state index contributed by atoms with van der Waals surface area (Å²) in [6.07, 6.45) is 0. The molecule has 0 bridgehead atoms. The molecule has 0 unspecified atom stereocenters. The fourth-order valence-electron chi connectivity index (χ4n) is 2.46. The summed E-state index contributed by atoms with van der Waals surface area (Å²) in [6, 6.07) is 6.94. The van der Waals surface area contributed by atoms with E-state index in [4.69, 9.17) is 0 Å². The van der Waals surface area contributed by atoms with Gasteiger partial charge in [0.05, 0.1) is 0 Å². The molecule has 17 heavy (non-hydrogen) atoms. The highest BCUT2D eigenvalue weighted by Crippen LogP contribution is 2.24. The van der Waals surface area contributed by atoms with Crippen molar-refractivity contribution in [1.82, 2.24) is 0 Å². The third-order valence-corrected chi connectivity index (χ3v) is 4.93. The molecule has 0 amide bonds. The maximum absolute atomic E-state index is 2.37. The summed E-state index contributed by atoms with van der Waals surface area (Å²) in [6.45, 7) is 14.0. The Bertz CT molecular complexity index is 343. The van der Waals surface area contributed by atoms with Crippen molar-refractivity contribution in [2.75, 3.05) is 0 Å². The quantitative estimate of drug-likeness (QED) is 0.709. The molecule has 94 valence electrons. The van der Waals surface area contributed by atoms with E-state index in [1.807, 2.05) is 0 Å². The average molecular weight is 310 g/mol. The molecule has 0 saturated carbocycles. The van der Waals surface area contributed by atoms with Gasteiger partial charge in [0.15, 0.2) is 0 Å². The number of hydrogen-bond acceptors (Lipinski definition) is 0. The zero-order valence-electron chi connectivity index (χ0n) is 12.1. The molecule has 0 heterocycles. The molecule has 0 nitrogen and oxygen atoms in total. The van der Waals surface area contributed by atoms with Crippen molar-refractivity contribution in [3.8, 4) is 0 Å². The van der Waals surface area contributed by atoms with Crippen LogP contribution in [0.4, 0.5) is 0 Å². The second-order valence-corrected chi connectivity index (χ2v) is 8.63. The molecular formula is C15H25BrMg. The van der Waals surface area contributed by atoms with Crippen LogP contribution in [0.1, 0.15) is 64.5 Å². The topological polar surface area (TPSA) is 0 Å². The molecule has 0 fully saturated rings. The van der Waals surface area contributed by atoms with Crippen LogP contribution in [0.15, 0.2) is 18.2 Å². The average Bonchev–Trinajstić information content (AvgIpc) is 2.15. The van der Waals surface area contributed by atoms with Crippen LogP contribution in [0.2, 0.25) is 4.05 Å². The highest BCUT2D eigenvalue weighted by atomic mass is 79.9. The molecular weight excluding hydrogens is 284 g/mol. The van der Waals surface area contributed by atoms with Crippen LogP contribution in [-0.2, 0) is 0 Å². The second kappa shape index (κ2) is 7.80. The van der Waals surface area contributed by atoms with Crippen molar-refractivity contribution in [2.45, 2.75) is 57.4 Å². The van der Waals surface area contributed by atoms with Gasteiger partial charge in [-0.15, -0.1) is 21.0 Å². The molecule has 0 aliphatic rings. The van der Waals surface area contributed by atoms with Gasteiger partial charge in [0, 0.05) is 0 Å². The van der Waals surface area contributed by atoms with Crippen molar-refractivity contribution in [2.24, 2.45) is 0 Å². The first-order valence-corrected chi connectivity index (χ1v) is 8.07. The Labute approximate surface area is 127 Å². The normalized spacial score (nSPS) is 10.6. The minimum Gasteiger partial charge on any atom is -0.170 e. The van der Waals surface area contributed by atoms with E-state index >= 15 is 0 Å². The SMILES string of the molecule is Br.C[CH](C)[Mg][c]1cccc(C(C)C)c1C(C)C. The van der Waals surface area contributed by atoms with E-state index in [1.54, 1.807) is 14.8 Å². The molecule has 2 heteroatoms. The molecule has 1 rings (SSSR count). The van der Waals surface area contributed by atoms with Crippen LogP contribution in [0.3, 0.4) is 0 Å². The first-order chi connectivity index (χ1) is 7.43. The van der Waals surface area contributed by atoms with Crippen LogP contribution < -0.4 is 3.69 Å². The predicted octanol–water partition coefficient (Wildman–Crippen LogP) is 4.67. The van der Waals surface area contributed by atoms with Crippen LogP contribution in [0, 0.1) is 0 Å². The molecule has 1 aromatic carbocycles. The fraction of sp³-hybridized carbons (Fsp3) is 0.600. The van der Waals surface area contributed by atoms with Crippen LogP contribution in [-0.4, -0.2) is 20.4 Å². The van der Waals surface area contributed by atoms with Gasteiger partial charge in [0.2, 0.25) is 0 Å². The van der Waals surface area contributed by atoms with Crippen molar-refractivity contribution in [3.05, 3.63) is 29.3 Å². The maximum Gasteiger partial charge on any atom is 0.412 e. The Morgan fingerprint density at radius 2 is 1.47 bits per heavy atom. The minimum absolute atomic E-state index is 0. The summed E-state index contributed by atoms with van der Waals surface area (Å²) in [5, 5.41) is 0. The number of hydrogen-bond donors (Lipinski definition) is 0. The van der Waals surface area contributed by atoms with E-state index in [0.717, 1.165) is 4.05 Å². The highest BCUT2D eigenvalue weighted by Gasteiger charge is 2.15. The smallest absolute Gasteiger partial charge is 0.170 e. The summed E-state index contributed by atoms with van der Waals surface area (Å²) in [5.41, 5.74) is 3.22. The monoisotopic (exact) mass is 308 g/mol. The number of halogens is 1. The van der Waals surface area contributed by atoms with Gasteiger partial charge >= 0.3 is 20.4 Å². The molecule has 0 aromatic heterocycles. The molecule has 0 aliphatic carbocycles. The molecule has 1 aromatic rings. The van der Waals surface area contributed by atoms with E-state index in [2.05, 4.69) is 59.7 Å². The predicted molar refractivity (Wildman–Crippen MR) is 85.4 cm³/mol. The molecule has 0 aliphatic heterocycles. The largest absolute Gasteiger partial charge is 0.412 e. The lowest BCUT2D eigenvalue weighted by molar-refractivity contribution is 0.795. The van der Waals surface area contributed by atoms with E-state index in [9.17, 15) is 0 Å². The first kappa shape index (κ1) is 17.5. The standard InChI is InChI=1S/C12H17.C3H7.BrH.Mg/c1-9(2)11-7-5-6-8-12(11)10(3)4;1-3-2;;/h5-7,9-10H,1-4H3;3H,1-2H3;1H;. The van der Waals surface area contributed by atoms with Gasteiger partial charge in [-0.05, 0) is 17.4 Å². The first-order valence-electron chi connectivity index (χ1n) is 6.55. The van der Waals surface area contributed by atoms with Gasteiger partial charge in [-0.1, -0.05) is 65.3 Å². The van der Waals surface area contributed by atoms with Gasteiger partial charge < -0.3 is 0 Å². The van der Waals surface area contributed by atoms with Gasteiger partial charge in [-0.3, -0.25) is 0 Å². The van der Waals surface area contributed by atoms with Crippen LogP contribution in [0.25, 0.3) is 0 Å². The summed E-state index contributed by atoms with van der Waals surface area (Å²) < 4.78 is 2.57. The zero-order chi connectivity index (χ0) is 12.3. The van der Waals surface area contributed by atoms with Crippen LogP contribution >= 0.6 is 17.0 Å². The Hall–Kier alpha value is 0.466. The second-order valence-electron chi connectivity index (χ2n) is 5.83. The lowest BCUT2D eigenvalue weighted by Gasteiger charge is -2.21. The maximum atomic E-state index is 2.37. The summed E-state index contributed by atoms with van der Waals surface area (Å²) in [4.78, 5) is 0. The van der Waals surface area contributed by atoms with Gasteiger partial charge in [-0.2, -0.15) is 3.69 Å². The third kappa shape index (κ3) is 4.92. The zero-order valence-corrected chi connectivity index (χ0v) is 15.2. The third-order valence-electron chi connectivity index (χ3n) is 3.06. The molecule has 0 spiro atoms. The van der Waals surface area contributed by atoms with E-state index < -0.39 is 0 Å². The summed E-state index contributed by atoms with van der Waals surface area (Å²) in [5.74, 6) is 1.32. The number of rotatable bonds is 4. The van der Waals surface area contributed by atoms with Crippen LogP contribution in [0.5, 0.6) is 0 Å². The Kier molecular flexibility index (Phi) is 8.02. The fourth-order valence-corrected chi connectivity index (χ4v) is 4.44. The molecule has 0 N–H and O–H groups in total. The lowest BCUT2D eigenvalue weighted by atomic mass is 9.90. The van der Waals surface area contributed by atoms with E-state index in [1.165, 1.54) is 0 Å². The van der Waals surface area contributed by atoms with Crippen molar-refractivity contribution >= 4 is 41.0 Å². The molecule has 0 radical (unpaired) electrons.